The number of hydrogen-bond acceptors (Lipinski definition) is 4. The number of anilines is 1. The van der Waals surface area contributed by atoms with Gasteiger partial charge in [-0.25, -0.2) is 4.98 Å². The van der Waals surface area contributed by atoms with Gasteiger partial charge < -0.3 is 4.42 Å². The van der Waals surface area contributed by atoms with Crippen LogP contribution in [0.25, 0.3) is 11.0 Å². The third-order valence-electron chi connectivity index (χ3n) is 4.84. The van der Waals surface area contributed by atoms with E-state index in [1.54, 1.807) is 66.9 Å². The maximum absolute atomic E-state index is 13.3. The lowest BCUT2D eigenvalue weighted by atomic mass is 9.98. The lowest BCUT2D eigenvalue weighted by Gasteiger charge is -2.24. The SMILES string of the molecule is O=C1c2oc3ccccc3c(=O)c2[C@@H](c2cccc(Cl)c2)N1c1ccccn1. The summed E-state index contributed by atoms with van der Waals surface area (Å²) in [5, 5.41) is 0.952. The van der Waals surface area contributed by atoms with E-state index in [-0.39, 0.29) is 11.2 Å². The Morgan fingerprint density at radius 3 is 2.57 bits per heavy atom. The summed E-state index contributed by atoms with van der Waals surface area (Å²) >= 11 is 6.19. The molecule has 0 saturated heterocycles. The smallest absolute Gasteiger partial charge is 0.296 e. The maximum Gasteiger partial charge on any atom is 0.296 e. The molecule has 28 heavy (non-hydrogen) atoms. The molecule has 0 saturated carbocycles. The standard InChI is InChI=1S/C22H13ClN2O3/c23-14-7-5-6-13(12-14)19-18-20(26)15-8-1-2-9-16(15)28-21(18)22(27)25(19)17-10-3-4-11-24-17/h1-12,19H/t19-/m1/s1. The number of carbonyl (C=O) groups excluding carboxylic acids is 1. The van der Waals surface area contributed by atoms with Crippen molar-refractivity contribution in [2.45, 2.75) is 6.04 Å². The summed E-state index contributed by atoms with van der Waals surface area (Å²) in [6.07, 6.45) is 1.60. The number of halogens is 1. The first-order valence-corrected chi connectivity index (χ1v) is 9.09. The normalized spacial score (nSPS) is 15.8. The summed E-state index contributed by atoms with van der Waals surface area (Å²) in [7, 11) is 0. The minimum atomic E-state index is -0.669. The lowest BCUT2D eigenvalue weighted by molar-refractivity contribution is 0.0970. The van der Waals surface area contributed by atoms with Crippen LogP contribution >= 0.6 is 11.6 Å². The van der Waals surface area contributed by atoms with Crippen LogP contribution in [0.2, 0.25) is 5.02 Å². The molecule has 0 unspecified atom stereocenters. The molecule has 0 spiro atoms. The summed E-state index contributed by atoms with van der Waals surface area (Å²) in [6, 6.07) is 18.7. The highest BCUT2D eigenvalue weighted by molar-refractivity contribution is 6.30. The highest BCUT2D eigenvalue weighted by Gasteiger charge is 2.44. The average Bonchev–Trinajstić information content (AvgIpc) is 3.02. The number of fused-ring (bicyclic) bond motifs is 2. The number of pyridine rings is 1. The van der Waals surface area contributed by atoms with E-state index in [1.807, 2.05) is 6.07 Å². The van der Waals surface area contributed by atoms with Crippen LogP contribution < -0.4 is 10.3 Å². The van der Waals surface area contributed by atoms with Gasteiger partial charge in [-0.1, -0.05) is 41.9 Å². The van der Waals surface area contributed by atoms with Gasteiger partial charge in [0.05, 0.1) is 17.0 Å². The van der Waals surface area contributed by atoms with Crippen molar-refractivity contribution < 1.29 is 9.21 Å². The average molecular weight is 389 g/mol. The monoisotopic (exact) mass is 388 g/mol. The molecule has 2 aromatic heterocycles. The van der Waals surface area contributed by atoms with Crippen molar-refractivity contribution in [3.63, 3.8) is 0 Å². The quantitative estimate of drug-likeness (QED) is 0.503. The van der Waals surface area contributed by atoms with Crippen LogP contribution in [0.1, 0.15) is 27.7 Å². The van der Waals surface area contributed by atoms with Crippen molar-refractivity contribution >= 4 is 34.3 Å². The van der Waals surface area contributed by atoms with E-state index < -0.39 is 11.9 Å². The van der Waals surface area contributed by atoms with Gasteiger partial charge in [0.1, 0.15) is 11.4 Å². The molecule has 136 valence electrons. The van der Waals surface area contributed by atoms with Crippen molar-refractivity contribution in [2.75, 3.05) is 4.90 Å². The van der Waals surface area contributed by atoms with E-state index in [0.717, 1.165) is 0 Å². The number of para-hydroxylation sites is 1. The fraction of sp³-hybridized carbons (Fsp3) is 0.0455. The molecule has 0 radical (unpaired) electrons. The third-order valence-corrected chi connectivity index (χ3v) is 5.07. The molecule has 1 atom stereocenters. The fourth-order valence-corrected chi connectivity index (χ4v) is 3.84. The highest BCUT2D eigenvalue weighted by Crippen LogP contribution is 2.40. The van der Waals surface area contributed by atoms with Gasteiger partial charge in [-0.05, 0) is 42.0 Å². The van der Waals surface area contributed by atoms with Crippen molar-refractivity contribution in [3.05, 3.63) is 105 Å². The van der Waals surface area contributed by atoms with Gasteiger partial charge in [0.15, 0.2) is 5.43 Å². The maximum atomic E-state index is 13.3. The minimum Gasteiger partial charge on any atom is -0.450 e. The molecule has 1 aliphatic rings. The summed E-state index contributed by atoms with van der Waals surface area (Å²) in [5.41, 5.74) is 1.17. The van der Waals surface area contributed by atoms with Crippen LogP contribution in [0.4, 0.5) is 5.82 Å². The number of hydrogen-bond donors (Lipinski definition) is 0. The van der Waals surface area contributed by atoms with Crippen LogP contribution in [-0.4, -0.2) is 10.9 Å². The number of nitrogens with zero attached hydrogens (tertiary/aromatic N) is 2. The summed E-state index contributed by atoms with van der Waals surface area (Å²) in [6.45, 7) is 0. The number of rotatable bonds is 2. The Balaban J connectivity index is 1.84. The largest absolute Gasteiger partial charge is 0.450 e. The Morgan fingerprint density at radius 2 is 1.79 bits per heavy atom. The molecule has 2 aromatic carbocycles. The number of amides is 1. The minimum absolute atomic E-state index is 0.0410. The van der Waals surface area contributed by atoms with E-state index in [2.05, 4.69) is 4.98 Å². The number of aromatic nitrogens is 1. The van der Waals surface area contributed by atoms with Crippen molar-refractivity contribution in [3.8, 4) is 0 Å². The Morgan fingerprint density at radius 1 is 0.964 bits per heavy atom. The highest BCUT2D eigenvalue weighted by atomic mass is 35.5. The van der Waals surface area contributed by atoms with Crippen molar-refractivity contribution in [2.24, 2.45) is 0 Å². The summed E-state index contributed by atoms with van der Waals surface area (Å²) < 4.78 is 5.88. The van der Waals surface area contributed by atoms with E-state index in [1.165, 1.54) is 4.90 Å². The van der Waals surface area contributed by atoms with Crippen molar-refractivity contribution in [1.29, 1.82) is 0 Å². The van der Waals surface area contributed by atoms with E-state index in [0.29, 0.717) is 32.9 Å². The van der Waals surface area contributed by atoms with Gasteiger partial charge >= 0.3 is 0 Å². The predicted molar refractivity (Wildman–Crippen MR) is 107 cm³/mol. The zero-order chi connectivity index (χ0) is 19.3. The zero-order valence-electron chi connectivity index (χ0n) is 14.5. The first-order valence-electron chi connectivity index (χ1n) is 8.71. The first kappa shape index (κ1) is 16.7. The molecular weight excluding hydrogens is 376 g/mol. The molecule has 6 heteroatoms. The summed E-state index contributed by atoms with van der Waals surface area (Å²) in [5.74, 6) is 0.0770. The Hall–Kier alpha value is -3.44. The first-order chi connectivity index (χ1) is 13.6. The molecule has 5 nitrogen and oxygen atoms in total. The molecular formula is C22H13ClN2O3. The second kappa shape index (κ2) is 6.32. The topological polar surface area (TPSA) is 63.4 Å². The van der Waals surface area contributed by atoms with Gasteiger partial charge in [-0.3, -0.25) is 14.5 Å². The molecule has 1 amide bonds. The molecule has 0 N–H and O–H groups in total. The number of benzene rings is 2. The van der Waals surface area contributed by atoms with Crippen LogP contribution in [0.3, 0.4) is 0 Å². The van der Waals surface area contributed by atoms with Crippen LogP contribution in [0.15, 0.2) is 82.1 Å². The predicted octanol–water partition coefficient (Wildman–Crippen LogP) is 4.59. The second-order valence-corrected chi connectivity index (χ2v) is 6.93. The zero-order valence-corrected chi connectivity index (χ0v) is 15.3. The van der Waals surface area contributed by atoms with Crippen LogP contribution in [-0.2, 0) is 0 Å². The van der Waals surface area contributed by atoms with Gasteiger partial charge in [0.2, 0.25) is 5.76 Å². The van der Waals surface area contributed by atoms with E-state index in [4.69, 9.17) is 16.0 Å². The molecule has 0 fully saturated rings. The van der Waals surface area contributed by atoms with Gasteiger partial charge in [0.25, 0.3) is 5.91 Å². The molecule has 4 aromatic rings. The lowest BCUT2D eigenvalue weighted by Crippen LogP contribution is -2.30. The second-order valence-electron chi connectivity index (χ2n) is 6.49. The molecule has 3 heterocycles. The van der Waals surface area contributed by atoms with Crippen molar-refractivity contribution in [1.82, 2.24) is 4.98 Å². The van der Waals surface area contributed by atoms with Crippen LogP contribution in [0.5, 0.6) is 0 Å². The van der Waals surface area contributed by atoms with E-state index in [9.17, 15) is 9.59 Å². The molecule has 0 bridgehead atoms. The fourth-order valence-electron chi connectivity index (χ4n) is 3.64. The van der Waals surface area contributed by atoms with Gasteiger partial charge in [-0.2, -0.15) is 0 Å². The molecule has 1 aliphatic heterocycles. The van der Waals surface area contributed by atoms with Gasteiger partial charge in [-0.15, -0.1) is 0 Å². The van der Waals surface area contributed by atoms with Crippen LogP contribution in [0, 0.1) is 0 Å². The Bertz CT molecular complexity index is 1280. The Kier molecular flexibility index (Phi) is 3.77. The third kappa shape index (κ3) is 2.44. The van der Waals surface area contributed by atoms with Gasteiger partial charge in [0, 0.05) is 11.2 Å². The Labute approximate surface area is 164 Å². The molecule has 5 rings (SSSR count). The van der Waals surface area contributed by atoms with E-state index >= 15 is 0 Å². The summed E-state index contributed by atoms with van der Waals surface area (Å²) in [4.78, 5) is 32.4. The number of carbonyl (C=O) groups is 1. The molecule has 0 aliphatic carbocycles.